The van der Waals surface area contributed by atoms with E-state index in [1.54, 1.807) is 13.0 Å². The predicted octanol–water partition coefficient (Wildman–Crippen LogP) is 1.92. The molecule has 0 heterocycles. The van der Waals surface area contributed by atoms with Crippen LogP contribution in [0.5, 0.6) is 0 Å². The fourth-order valence-corrected chi connectivity index (χ4v) is 1.16. The summed E-state index contributed by atoms with van der Waals surface area (Å²) in [5.41, 5.74) is 6.24. The topological polar surface area (TPSA) is 72.5 Å². The van der Waals surface area contributed by atoms with Crippen LogP contribution in [0, 0.1) is 12.1 Å². The maximum atomic E-state index is 10.5. The van der Waals surface area contributed by atoms with Gasteiger partial charge in [0, 0.05) is 0 Å². The first-order chi connectivity index (χ1) is 5.52. The number of hydrogen-bond donors (Lipinski definition) is 2. The van der Waals surface area contributed by atoms with Crippen LogP contribution in [0.25, 0.3) is 0 Å². The Morgan fingerprint density at radius 3 is 2.67 bits per heavy atom. The molecule has 0 aliphatic carbocycles. The molecule has 0 aromatic heterocycles. The second-order valence-corrected chi connectivity index (χ2v) is 2.86. The van der Waals surface area contributed by atoms with E-state index in [-0.39, 0.29) is 21.6 Å². The number of nitrogen functional groups attached to an aromatic ring is 1. The number of aryl methyl sites for hydroxylation is 1. The molecule has 4 nitrogen and oxygen atoms in total. The van der Waals surface area contributed by atoms with Crippen molar-refractivity contribution >= 4 is 23.0 Å². The Kier molecular flexibility index (Phi) is 2.42. The van der Waals surface area contributed by atoms with Crippen LogP contribution in [-0.4, -0.2) is 5.21 Å². The molecule has 1 rings (SSSR count). The SMILES string of the molecule is Cc1cc(Cl)c(N)c(N([O-])O)c1. The number of hydrogen-bond acceptors (Lipinski definition) is 4. The van der Waals surface area contributed by atoms with E-state index in [1.165, 1.54) is 6.07 Å². The highest BCUT2D eigenvalue weighted by atomic mass is 35.5. The molecule has 0 radical (unpaired) electrons. The van der Waals surface area contributed by atoms with Gasteiger partial charge in [0.05, 0.1) is 16.4 Å². The van der Waals surface area contributed by atoms with Gasteiger partial charge in [0.25, 0.3) is 0 Å². The van der Waals surface area contributed by atoms with Gasteiger partial charge in [-0.15, -0.1) is 0 Å². The Morgan fingerprint density at radius 1 is 1.58 bits per heavy atom. The lowest BCUT2D eigenvalue weighted by Gasteiger charge is -2.24. The predicted molar refractivity (Wildman–Crippen MR) is 48.2 cm³/mol. The van der Waals surface area contributed by atoms with Crippen LogP contribution in [0.4, 0.5) is 11.4 Å². The van der Waals surface area contributed by atoms with Gasteiger partial charge in [0.15, 0.2) is 0 Å². The molecule has 0 unspecified atom stereocenters. The average molecular weight is 188 g/mol. The van der Waals surface area contributed by atoms with Gasteiger partial charge in [-0.2, -0.15) is 0 Å². The van der Waals surface area contributed by atoms with E-state index in [1.807, 2.05) is 0 Å². The fraction of sp³-hybridized carbons (Fsp3) is 0.143. The molecule has 0 bridgehead atoms. The third kappa shape index (κ3) is 1.61. The molecule has 0 atom stereocenters. The Labute approximate surface area is 74.7 Å². The fourth-order valence-electron chi connectivity index (χ4n) is 0.893. The first-order valence-corrected chi connectivity index (χ1v) is 3.62. The lowest BCUT2D eigenvalue weighted by molar-refractivity contribution is 0.297. The van der Waals surface area contributed by atoms with Crippen LogP contribution in [0.3, 0.4) is 0 Å². The minimum atomic E-state index is -0.297. The average Bonchev–Trinajstić information content (AvgIpc) is 1.96. The van der Waals surface area contributed by atoms with Gasteiger partial charge in [-0.25, -0.2) is 0 Å². The van der Waals surface area contributed by atoms with Crippen molar-refractivity contribution in [2.45, 2.75) is 6.92 Å². The third-order valence-electron chi connectivity index (χ3n) is 1.46. The summed E-state index contributed by atoms with van der Waals surface area (Å²) in [6, 6.07) is 3.07. The van der Waals surface area contributed by atoms with Crippen molar-refractivity contribution in [1.82, 2.24) is 0 Å². The van der Waals surface area contributed by atoms with Crippen LogP contribution in [0.2, 0.25) is 5.02 Å². The highest BCUT2D eigenvalue weighted by Gasteiger charge is 2.04. The van der Waals surface area contributed by atoms with Crippen molar-refractivity contribution in [3.63, 3.8) is 0 Å². The molecule has 1 aromatic rings. The first kappa shape index (κ1) is 9.12. The van der Waals surface area contributed by atoms with Crippen LogP contribution >= 0.6 is 11.6 Å². The summed E-state index contributed by atoms with van der Waals surface area (Å²) in [7, 11) is 0. The number of benzene rings is 1. The summed E-state index contributed by atoms with van der Waals surface area (Å²) in [6.45, 7) is 1.75. The Balaban J connectivity index is 3.28. The molecule has 3 N–H and O–H groups in total. The zero-order chi connectivity index (χ0) is 9.30. The molecule has 0 fully saturated rings. The van der Waals surface area contributed by atoms with E-state index in [0.29, 0.717) is 0 Å². The quantitative estimate of drug-likeness (QED) is 0.521. The maximum Gasteiger partial charge on any atom is 0.0757 e. The van der Waals surface area contributed by atoms with E-state index in [9.17, 15) is 5.21 Å². The summed E-state index contributed by atoms with van der Waals surface area (Å²) in [6.07, 6.45) is 0. The summed E-state index contributed by atoms with van der Waals surface area (Å²) < 4.78 is 0. The van der Waals surface area contributed by atoms with E-state index < -0.39 is 0 Å². The number of nitrogens with zero attached hydrogens (tertiary/aromatic N) is 1. The molecular formula is C7H8ClN2O2-. The van der Waals surface area contributed by atoms with Gasteiger partial charge in [-0.1, -0.05) is 11.6 Å². The summed E-state index contributed by atoms with van der Waals surface area (Å²) in [5, 5.41) is 19.1. The minimum absolute atomic E-state index is 0.0278. The first-order valence-electron chi connectivity index (χ1n) is 3.24. The molecule has 0 saturated heterocycles. The third-order valence-corrected chi connectivity index (χ3v) is 1.77. The van der Waals surface area contributed by atoms with Crippen molar-refractivity contribution < 1.29 is 5.21 Å². The maximum absolute atomic E-state index is 10.5. The Morgan fingerprint density at radius 2 is 2.17 bits per heavy atom. The Hall–Kier alpha value is -0.970. The van der Waals surface area contributed by atoms with Crippen LogP contribution in [0.1, 0.15) is 5.56 Å². The van der Waals surface area contributed by atoms with E-state index in [0.717, 1.165) is 5.56 Å². The smallest absolute Gasteiger partial charge is 0.0757 e. The highest BCUT2D eigenvalue weighted by Crippen LogP contribution is 2.30. The molecule has 0 saturated carbocycles. The molecule has 0 amide bonds. The molecule has 1 aromatic carbocycles. The minimum Gasteiger partial charge on any atom is -0.733 e. The molecule has 66 valence electrons. The number of halogens is 1. The number of anilines is 2. The standard InChI is InChI=1S/C7H8ClN2O2/c1-4-2-5(8)7(9)6(3-4)10(11)12/h2-3,11H,9H2,1H3/q-1. The van der Waals surface area contributed by atoms with Crippen molar-refractivity contribution in [2.24, 2.45) is 0 Å². The van der Waals surface area contributed by atoms with Gasteiger partial charge in [0.1, 0.15) is 0 Å². The lowest BCUT2D eigenvalue weighted by atomic mass is 10.2. The lowest BCUT2D eigenvalue weighted by Crippen LogP contribution is -2.10. The zero-order valence-electron chi connectivity index (χ0n) is 6.41. The molecule has 0 aliphatic rings. The van der Waals surface area contributed by atoms with Crippen LogP contribution in [0.15, 0.2) is 12.1 Å². The monoisotopic (exact) mass is 187 g/mol. The van der Waals surface area contributed by atoms with Crippen molar-refractivity contribution in [2.75, 3.05) is 11.0 Å². The summed E-state index contributed by atoms with van der Waals surface area (Å²) in [4.78, 5) is 0. The summed E-state index contributed by atoms with van der Waals surface area (Å²) in [5.74, 6) is 0. The normalized spacial score (nSPS) is 10.0. The second-order valence-electron chi connectivity index (χ2n) is 2.45. The number of rotatable bonds is 1. The van der Waals surface area contributed by atoms with Gasteiger partial charge < -0.3 is 16.2 Å². The van der Waals surface area contributed by atoms with Crippen LogP contribution in [-0.2, 0) is 0 Å². The van der Waals surface area contributed by atoms with Gasteiger partial charge in [0.2, 0.25) is 0 Å². The summed E-state index contributed by atoms with van der Waals surface area (Å²) >= 11 is 5.66. The molecule has 0 aliphatic heterocycles. The van der Waals surface area contributed by atoms with Crippen LogP contribution < -0.4 is 11.0 Å². The van der Waals surface area contributed by atoms with Gasteiger partial charge in [-0.05, 0) is 24.6 Å². The molecular weight excluding hydrogens is 180 g/mol. The van der Waals surface area contributed by atoms with Gasteiger partial charge in [-0.3, -0.25) is 5.21 Å². The van der Waals surface area contributed by atoms with E-state index in [2.05, 4.69) is 0 Å². The molecule has 5 heteroatoms. The zero-order valence-corrected chi connectivity index (χ0v) is 7.17. The highest BCUT2D eigenvalue weighted by molar-refractivity contribution is 6.33. The number of nitrogens with two attached hydrogens (primary N) is 1. The van der Waals surface area contributed by atoms with Crippen molar-refractivity contribution in [3.8, 4) is 0 Å². The van der Waals surface area contributed by atoms with Gasteiger partial charge >= 0.3 is 0 Å². The largest absolute Gasteiger partial charge is 0.733 e. The van der Waals surface area contributed by atoms with Crippen molar-refractivity contribution in [1.29, 1.82) is 0 Å². The van der Waals surface area contributed by atoms with Crippen molar-refractivity contribution in [3.05, 3.63) is 27.9 Å². The van der Waals surface area contributed by atoms with E-state index in [4.69, 9.17) is 22.5 Å². The molecule has 12 heavy (non-hydrogen) atoms. The second kappa shape index (κ2) is 3.18. The molecule has 0 spiro atoms. The van der Waals surface area contributed by atoms with E-state index >= 15 is 0 Å². The Bertz CT molecular complexity index is 302.